The molecule has 0 amide bonds. The zero-order chi connectivity index (χ0) is 7.33. The molecule has 3 heteroatoms. The second-order valence-electron chi connectivity index (χ2n) is 1.92. The fraction of sp³-hybridized carbons (Fsp3) is 0.667. The van der Waals surface area contributed by atoms with Crippen molar-refractivity contribution in [1.29, 1.82) is 0 Å². The van der Waals surface area contributed by atoms with Crippen molar-refractivity contribution in [3.05, 3.63) is 11.8 Å². The van der Waals surface area contributed by atoms with Crippen LogP contribution in [0.4, 0.5) is 0 Å². The van der Waals surface area contributed by atoms with Crippen molar-refractivity contribution in [3.8, 4) is 0 Å². The van der Waals surface area contributed by atoms with E-state index in [0.29, 0.717) is 0 Å². The highest BCUT2D eigenvalue weighted by Crippen LogP contribution is 2.04. The zero-order valence-corrected chi connectivity index (χ0v) is 7.47. The zero-order valence-electron chi connectivity index (χ0n) is 6.47. The first-order valence-electron chi connectivity index (χ1n) is 2.92. The quantitative estimate of drug-likeness (QED) is 0.561. The lowest BCUT2D eigenvalue weighted by Crippen LogP contribution is -2.33. The van der Waals surface area contributed by atoms with E-state index in [-0.39, 0.29) is 0 Å². The smallest absolute Gasteiger partial charge is 0.360 e. The molecule has 0 atom stereocenters. The highest BCUT2D eigenvalue weighted by molar-refractivity contribution is 6.71. The summed E-state index contributed by atoms with van der Waals surface area (Å²) < 4.78 is 10.3. The standard InChI is InChI=1S/C6H14O2Si/c1-5-6-9(4,7-2)8-3/h5-6H,1-4H3/b6-5-. The molecule has 0 heterocycles. The van der Waals surface area contributed by atoms with Crippen LogP contribution in [0.3, 0.4) is 0 Å². The predicted molar refractivity (Wildman–Crippen MR) is 40.5 cm³/mol. The SMILES string of the molecule is C/C=C\[Si](C)(OC)OC. The van der Waals surface area contributed by atoms with Crippen LogP contribution in [0.25, 0.3) is 0 Å². The normalized spacial score (nSPS) is 12.9. The Bertz CT molecular complexity index is 97.2. The molecule has 9 heavy (non-hydrogen) atoms. The molecular weight excluding hydrogens is 132 g/mol. The van der Waals surface area contributed by atoms with E-state index in [4.69, 9.17) is 8.85 Å². The van der Waals surface area contributed by atoms with E-state index in [1.807, 2.05) is 25.2 Å². The van der Waals surface area contributed by atoms with Gasteiger partial charge in [0, 0.05) is 14.2 Å². The van der Waals surface area contributed by atoms with Crippen molar-refractivity contribution >= 4 is 8.56 Å². The Morgan fingerprint density at radius 2 is 1.67 bits per heavy atom. The Morgan fingerprint density at radius 3 is 1.78 bits per heavy atom. The molecule has 0 N–H and O–H groups in total. The van der Waals surface area contributed by atoms with E-state index in [2.05, 4.69) is 0 Å². The van der Waals surface area contributed by atoms with Crippen molar-refractivity contribution in [3.63, 3.8) is 0 Å². The summed E-state index contributed by atoms with van der Waals surface area (Å²) >= 11 is 0. The van der Waals surface area contributed by atoms with Crippen LogP contribution >= 0.6 is 0 Å². The third kappa shape index (κ3) is 2.79. The van der Waals surface area contributed by atoms with Crippen molar-refractivity contribution in [2.24, 2.45) is 0 Å². The van der Waals surface area contributed by atoms with Crippen LogP contribution in [0.1, 0.15) is 6.92 Å². The van der Waals surface area contributed by atoms with Gasteiger partial charge in [0.25, 0.3) is 0 Å². The van der Waals surface area contributed by atoms with Gasteiger partial charge in [-0.15, -0.1) is 0 Å². The van der Waals surface area contributed by atoms with Crippen molar-refractivity contribution in [2.75, 3.05) is 14.2 Å². The van der Waals surface area contributed by atoms with Crippen molar-refractivity contribution in [2.45, 2.75) is 13.5 Å². The summed E-state index contributed by atoms with van der Waals surface area (Å²) in [5.41, 5.74) is 1.99. The molecule has 0 aliphatic heterocycles. The molecule has 0 aliphatic rings. The van der Waals surface area contributed by atoms with E-state index >= 15 is 0 Å². The molecule has 0 fully saturated rings. The van der Waals surface area contributed by atoms with Crippen LogP contribution in [0.15, 0.2) is 11.8 Å². The molecule has 0 aromatic heterocycles. The van der Waals surface area contributed by atoms with E-state index in [1.165, 1.54) is 0 Å². The van der Waals surface area contributed by atoms with Gasteiger partial charge >= 0.3 is 8.56 Å². The number of allylic oxidation sites excluding steroid dienone is 1. The molecule has 0 spiro atoms. The molecule has 54 valence electrons. The summed E-state index contributed by atoms with van der Waals surface area (Å²) in [5.74, 6) is 0. The minimum absolute atomic E-state index is 1.68. The maximum atomic E-state index is 5.16. The molecule has 0 rings (SSSR count). The second-order valence-corrected chi connectivity index (χ2v) is 5.11. The van der Waals surface area contributed by atoms with Gasteiger partial charge in [0.05, 0.1) is 0 Å². The maximum Gasteiger partial charge on any atom is 0.360 e. The number of hydrogen-bond acceptors (Lipinski definition) is 2. The molecule has 0 bridgehead atoms. The van der Waals surface area contributed by atoms with Crippen LogP contribution in [0, 0.1) is 0 Å². The van der Waals surface area contributed by atoms with Gasteiger partial charge < -0.3 is 8.85 Å². The molecule has 0 radical (unpaired) electrons. The molecule has 2 nitrogen and oxygen atoms in total. The molecule has 0 saturated carbocycles. The summed E-state index contributed by atoms with van der Waals surface area (Å²) in [6.45, 7) is 3.95. The third-order valence-electron chi connectivity index (χ3n) is 1.28. The lowest BCUT2D eigenvalue weighted by atomic mass is 10.8. The topological polar surface area (TPSA) is 18.5 Å². The van der Waals surface area contributed by atoms with Gasteiger partial charge in [-0.05, 0) is 19.2 Å². The van der Waals surface area contributed by atoms with Gasteiger partial charge in [-0.1, -0.05) is 6.08 Å². The minimum atomic E-state index is -1.88. The molecule has 0 aliphatic carbocycles. The highest BCUT2D eigenvalue weighted by atomic mass is 28.4. The average Bonchev–Trinajstić information content (AvgIpc) is 1.89. The van der Waals surface area contributed by atoms with E-state index in [1.54, 1.807) is 14.2 Å². The first-order chi connectivity index (χ1) is 4.18. The van der Waals surface area contributed by atoms with Crippen molar-refractivity contribution < 1.29 is 8.85 Å². The predicted octanol–water partition coefficient (Wildman–Crippen LogP) is 1.47. The van der Waals surface area contributed by atoms with Gasteiger partial charge in [0.1, 0.15) is 0 Å². The summed E-state index contributed by atoms with van der Waals surface area (Å²) in [5, 5.41) is 0. The first kappa shape index (κ1) is 8.88. The van der Waals surface area contributed by atoms with Crippen LogP contribution in [0.2, 0.25) is 6.55 Å². The van der Waals surface area contributed by atoms with Crippen LogP contribution < -0.4 is 0 Å². The van der Waals surface area contributed by atoms with Crippen LogP contribution in [0.5, 0.6) is 0 Å². The molecule has 0 aromatic rings. The Hall–Kier alpha value is -0.123. The fourth-order valence-electron chi connectivity index (χ4n) is 0.522. The van der Waals surface area contributed by atoms with Gasteiger partial charge in [0.2, 0.25) is 0 Å². The second kappa shape index (κ2) is 3.82. The number of hydrogen-bond donors (Lipinski definition) is 0. The Morgan fingerprint density at radius 1 is 1.22 bits per heavy atom. The minimum Gasteiger partial charge on any atom is -0.395 e. The lowest BCUT2D eigenvalue weighted by molar-refractivity contribution is 0.264. The Balaban J connectivity index is 3.92. The van der Waals surface area contributed by atoms with E-state index < -0.39 is 8.56 Å². The van der Waals surface area contributed by atoms with Crippen molar-refractivity contribution in [1.82, 2.24) is 0 Å². The molecule has 0 unspecified atom stereocenters. The maximum absolute atomic E-state index is 5.16. The summed E-state index contributed by atoms with van der Waals surface area (Å²) in [7, 11) is 1.47. The highest BCUT2D eigenvalue weighted by Gasteiger charge is 2.23. The summed E-state index contributed by atoms with van der Waals surface area (Å²) in [4.78, 5) is 0. The van der Waals surface area contributed by atoms with Gasteiger partial charge in [-0.3, -0.25) is 0 Å². The third-order valence-corrected chi connectivity index (χ3v) is 3.84. The Labute approximate surface area is 57.7 Å². The lowest BCUT2D eigenvalue weighted by Gasteiger charge is -2.17. The summed E-state index contributed by atoms with van der Waals surface area (Å²) in [6, 6.07) is 0. The Kier molecular flexibility index (Phi) is 3.77. The number of rotatable bonds is 3. The fourth-order valence-corrected chi connectivity index (χ4v) is 1.57. The van der Waals surface area contributed by atoms with Crippen LogP contribution in [-0.4, -0.2) is 22.8 Å². The first-order valence-corrected chi connectivity index (χ1v) is 5.32. The monoisotopic (exact) mass is 146 g/mol. The van der Waals surface area contributed by atoms with E-state index in [9.17, 15) is 0 Å². The average molecular weight is 146 g/mol. The van der Waals surface area contributed by atoms with Gasteiger partial charge in [-0.25, -0.2) is 0 Å². The molecule has 0 saturated heterocycles. The van der Waals surface area contributed by atoms with Gasteiger partial charge in [-0.2, -0.15) is 0 Å². The van der Waals surface area contributed by atoms with Crippen LogP contribution in [-0.2, 0) is 8.85 Å². The van der Waals surface area contributed by atoms with E-state index in [0.717, 1.165) is 0 Å². The summed E-state index contributed by atoms with van der Waals surface area (Å²) in [6.07, 6.45) is 1.96. The molecule has 0 aromatic carbocycles. The largest absolute Gasteiger partial charge is 0.395 e. The molecular formula is C6H14O2Si. The van der Waals surface area contributed by atoms with Gasteiger partial charge in [0.15, 0.2) is 0 Å².